The van der Waals surface area contributed by atoms with Crippen molar-refractivity contribution in [1.82, 2.24) is 19.9 Å². The van der Waals surface area contributed by atoms with E-state index in [0.29, 0.717) is 17.2 Å². The first-order valence-electron chi connectivity index (χ1n) is 7.43. The van der Waals surface area contributed by atoms with Crippen molar-refractivity contribution in [2.24, 2.45) is 0 Å². The Morgan fingerprint density at radius 2 is 2.13 bits per heavy atom. The molecule has 1 atom stereocenters. The summed E-state index contributed by atoms with van der Waals surface area (Å²) in [7, 11) is 0. The Morgan fingerprint density at radius 3 is 2.87 bits per heavy atom. The first-order chi connectivity index (χ1) is 11.2. The molecule has 5 nitrogen and oxygen atoms in total. The third kappa shape index (κ3) is 3.51. The molecule has 6 heteroatoms. The van der Waals surface area contributed by atoms with E-state index in [1.54, 1.807) is 16.8 Å². The zero-order chi connectivity index (χ0) is 16.2. The Balaban J connectivity index is 1.78. The summed E-state index contributed by atoms with van der Waals surface area (Å²) in [4.78, 5) is 16.7. The first-order valence-corrected chi connectivity index (χ1v) is 7.97. The van der Waals surface area contributed by atoms with Crippen LogP contribution in [0.5, 0.6) is 0 Å². The predicted molar refractivity (Wildman–Crippen MR) is 89.7 cm³/mol. The van der Waals surface area contributed by atoms with Crippen LogP contribution in [0.3, 0.4) is 0 Å². The van der Waals surface area contributed by atoms with Gasteiger partial charge in [-0.05, 0) is 24.5 Å². The van der Waals surface area contributed by atoms with Crippen molar-refractivity contribution in [2.45, 2.75) is 19.4 Å². The number of halogens is 1. The molecular weight excluding hydrogens is 312 g/mol. The number of alkyl halides is 1. The molecule has 0 fully saturated rings. The summed E-state index contributed by atoms with van der Waals surface area (Å²) >= 11 is 5.74. The molecule has 0 spiro atoms. The van der Waals surface area contributed by atoms with Crippen molar-refractivity contribution < 1.29 is 4.79 Å². The molecule has 2 aromatic heterocycles. The van der Waals surface area contributed by atoms with Crippen LogP contribution < -0.4 is 5.32 Å². The van der Waals surface area contributed by atoms with Crippen LogP contribution in [0.15, 0.2) is 48.8 Å². The Bertz CT molecular complexity index is 816. The molecule has 1 amide bonds. The minimum absolute atomic E-state index is 0.0896. The summed E-state index contributed by atoms with van der Waals surface area (Å²) in [5, 5.41) is 7.25. The normalized spacial score (nSPS) is 12.3. The molecule has 0 unspecified atom stereocenters. The highest BCUT2D eigenvalue weighted by atomic mass is 35.5. The summed E-state index contributed by atoms with van der Waals surface area (Å²) in [6.45, 7) is 1.94. The average Bonchev–Trinajstić information content (AvgIpc) is 2.99. The molecule has 3 rings (SSSR count). The number of hydrogen-bond acceptors (Lipinski definition) is 3. The number of amides is 1. The van der Waals surface area contributed by atoms with Gasteiger partial charge in [0.2, 0.25) is 0 Å². The van der Waals surface area contributed by atoms with E-state index in [0.717, 1.165) is 17.5 Å². The van der Waals surface area contributed by atoms with Gasteiger partial charge >= 0.3 is 0 Å². The molecule has 118 valence electrons. The standard InChI is InChI=1S/C17H17ClN4O/c1-12(14-5-3-2-4-6-14)20-17(23)15-9-16-19-10-13(7-8-18)11-22(16)21-15/h2-6,9-12H,7-8H2,1H3,(H,20,23)/t12-/m0/s1. The van der Waals surface area contributed by atoms with Gasteiger partial charge in [-0.3, -0.25) is 4.79 Å². The largest absolute Gasteiger partial charge is 0.344 e. The number of aromatic nitrogens is 3. The second-order valence-electron chi connectivity index (χ2n) is 5.34. The molecule has 0 saturated carbocycles. The minimum Gasteiger partial charge on any atom is -0.344 e. The van der Waals surface area contributed by atoms with Gasteiger partial charge in [0.25, 0.3) is 5.91 Å². The van der Waals surface area contributed by atoms with Gasteiger partial charge in [-0.25, -0.2) is 9.50 Å². The fraction of sp³-hybridized carbons (Fsp3) is 0.235. The van der Waals surface area contributed by atoms with Crippen molar-refractivity contribution in [3.05, 3.63) is 65.6 Å². The molecule has 1 aromatic carbocycles. The SMILES string of the molecule is C[C@H](NC(=O)c1cc2ncc(CCCl)cn2n1)c1ccccc1. The van der Waals surface area contributed by atoms with Crippen LogP contribution in [0.1, 0.15) is 34.6 Å². The Labute approximate surface area is 139 Å². The molecule has 0 radical (unpaired) electrons. The van der Waals surface area contributed by atoms with E-state index in [1.165, 1.54) is 0 Å². The van der Waals surface area contributed by atoms with Gasteiger partial charge in [0.15, 0.2) is 11.3 Å². The number of aryl methyl sites for hydroxylation is 1. The van der Waals surface area contributed by atoms with Gasteiger partial charge in [0.05, 0.1) is 6.04 Å². The number of nitrogens with zero attached hydrogens (tertiary/aromatic N) is 3. The van der Waals surface area contributed by atoms with Crippen LogP contribution in [0, 0.1) is 0 Å². The van der Waals surface area contributed by atoms with E-state index in [1.807, 2.05) is 43.5 Å². The molecule has 0 aliphatic heterocycles. The Hall–Kier alpha value is -2.40. The van der Waals surface area contributed by atoms with E-state index in [9.17, 15) is 4.79 Å². The maximum absolute atomic E-state index is 12.4. The molecule has 3 aromatic rings. The first kappa shape index (κ1) is 15.5. The number of benzene rings is 1. The van der Waals surface area contributed by atoms with Gasteiger partial charge in [-0.15, -0.1) is 11.6 Å². The van der Waals surface area contributed by atoms with E-state index >= 15 is 0 Å². The third-order valence-electron chi connectivity index (χ3n) is 3.63. The highest BCUT2D eigenvalue weighted by Gasteiger charge is 2.15. The van der Waals surface area contributed by atoms with Crippen molar-refractivity contribution in [2.75, 3.05) is 5.88 Å². The van der Waals surface area contributed by atoms with Crippen LogP contribution in [-0.4, -0.2) is 26.4 Å². The topological polar surface area (TPSA) is 59.3 Å². The Kier molecular flexibility index (Phi) is 4.57. The second kappa shape index (κ2) is 6.79. The van der Waals surface area contributed by atoms with E-state index in [-0.39, 0.29) is 11.9 Å². The predicted octanol–water partition coefficient (Wildman–Crippen LogP) is 3.00. The molecule has 0 aliphatic rings. The van der Waals surface area contributed by atoms with E-state index in [4.69, 9.17) is 11.6 Å². The second-order valence-corrected chi connectivity index (χ2v) is 5.72. The molecule has 0 saturated heterocycles. The fourth-order valence-electron chi connectivity index (χ4n) is 2.36. The van der Waals surface area contributed by atoms with E-state index in [2.05, 4.69) is 15.4 Å². The number of nitrogens with one attached hydrogen (secondary N) is 1. The number of rotatable bonds is 5. The van der Waals surface area contributed by atoms with Crippen LogP contribution in [0.4, 0.5) is 0 Å². The lowest BCUT2D eigenvalue weighted by Crippen LogP contribution is -2.27. The zero-order valence-electron chi connectivity index (χ0n) is 12.7. The highest BCUT2D eigenvalue weighted by Crippen LogP contribution is 2.13. The van der Waals surface area contributed by atoms with Crippen molar-refractivity contribution in [1.29, 1.82) is 0 Å². The summed E-state index contributed by atoms with van der Waals surface area (Å²) in [5.74, 6) is 0.307. The lowest BCUT2D eigenvalue weighted by atomic mass is 10.1. The summed E-state index contributed by atoms with van der Waals surface area (Å²) in [5.41, 5.74) is 3.02. The maximum Gasteiger partial charge on any atom is 0.272 e. The molecule has 2 heterocycles. The summed E-state index contributed by atoms with van der Waals surface area (Å²) in [6.07, 6.45) is 4.33. The highest BCUT2D eigenvalue weighted by molar-refractivity contribution is 6.17. The molecular formula is C17H17ClN4O. The number of carbonyl (C=O) groups excluding carboxylic acids is 1. The molecule has 0 bridgehead atoms. The summed E-state index contributed by atoms with van der Waals surface area (Å²) < 4.78 is 1.62. The van der Waals surface area contributed by atoms with Crippen LogP contribution in [0.2, 0.25) is 0 Å². The smallest absolute Gasteiger partial charge is 0.272 e. The van der Waals surface area contributed by atoms with Gasteiger partial charge in [0.1, 0.15) is 0 Å². The molecule has 23 heavy (non-hydrogen) atoms. The monoisotopic (exact) mass is 328 g/mol. The van der Waals surface area contributed by atoms with Crippen molar-refractivity contribution in [3.63, 3.8) is 0 Å². The lowest BCUT2D eigenvalue weighted by molar-refractivity contribution is 0.0934. The maximum atomic E-state index is 12.4. The van der Waals surface area contributed by atoms with Gasteiger partial charge < -0.3 is 5.32 Å². The molecule has 1 N–H and O–H groups in total. The van der Waals surface area contributed by atoms with Crippen molar-refractivity contribution in [3.8, 4) is 0 Å². The Morgan fingerprint density at radius 1 is 1.35 bits per heavy atom. The number of hydrogen-bond donors (Lipinski definition) is 1. The van der Waals surface area contributed by atoms with Crippen LogP contribution >= 0.6 is 11.6 Å². The van der Waals surface area contributed by atoms with Crippen LogP contribution in [-0.2, 0) is 6.42 Å². The fourth-order valence-corrected chi connectivity index (χ4v) is 2.58. The van der Waals surface area contributed by atoms with Crippen LogP contribution in [0.25, 0.3) is 5.65 Å². The van der Waals surface area contributed by atoms with Gasteiger partial charge in [0, 0.05) is 24.3 Å². The number of fused-ring (bicyclic) bond motifs is 1. The van der Waals surface area contributed by atoms with Gasteiger partial charge in [-0.2, -0.15) is 5.10 Å². The quantitative estimate of drug-likeness (QED) is 0.732. The summed E-state index contributed by atoms with van der Waals surface area (Å²) in [6, 6.07) is 11.4. The molecule has 0 aliphatic carbocycles. The van der Waals surface area contributed by atoms with Crippen molar-refractivity contribution >= 4 is 23.2 Å². The third-order valence-corrected chi connectivity index (χ3v) is 3.82. The number of carbonyl (C=O) groups is 1. The average molecular weight is 329 g/mol. The zero-order valence-corrected chi connectivity index (χ0v) is 13.5. The minimum atomic E-state index is -0.217. The van der Waals surface area contributed by atoms with E-state index < -0.39 is 0 Å². The lowest BCUT2D eigenvalue weighted by Gasteiger charge is -2.12. The van der Waals surface area contributed by atoms with Gasteiger partial charge in [-0.1, -0.05) is 30.3 Å².